The summed E-state index contributed by atoms with van der Waals surface area (Å²) < 4.78 is 5.25. The van der Waals surface area contributed by atoms with Crippen molar-refractivity contribution < 1.29 is 14.0 Å². The van der Waals surface area contributed by atoms with E-state index in [0.29, 0.717) is 34.4 Å². The molecule has 2 aromatic rings. The van der Waals surface area contributed by atoms with E-state index in [1.165, 1.54) is 11.0 Å². The second-order valence-corrected chi connectivity index (χ2v) is 7.56. The number of hydrogen-bond acceptors (Lipinski definition) is 4. The van der Waals surface area contributed by atoms with Crippen LogP contribution in [0.25, 0.3) is 11.0 Å². The number of fused-ring (bicyclic) bond motifs is 1. The fraction of sp³-hybridized carbons (Fsp3) is 0.421. The number of benzene rings is 1. The van der Waals surface area contributed by atoms with Gasteiger partial charge in [-0.3, -0.25) is 9.69 Å². The maximum absolute atomic E-state index is 13.0. The average Bonchev–Trinajstić information content (AvgIpc) is 2.81. The minimum absolute atomic E-state index is 0.0217. The maximum Gasteiger partial charge on any atom is 0.336 e. The third kappa shape index (κ3) is 2.69. The molecule has 0 atom stereocenters. The number of amides is 3. The van der Waals surface area contributed by atoms with Gasteiger partial charge in [-0.1, -0.05) is 30.9 Å². The monoisotopic (exact) mass is 374 g/mol. The Labute approximate surface area is 155 Å². The van der Waals surface area contributed by atoms with Crippen molar-refractivity contribution in [2.75, 3.05) is 0 Å². The summed E-state index contributed by atoms with van der Waals surface area (Å²) in [5.41, 5.74) is 0.436. The minimum atomic E-state index is -0.779. The highest BCUT2D eigenvalue weighted by Gasteiger charge is 2.51. The third-order valence-electron chi connectivity index (χ3n) is 5.39. The van der Waals surface area contributed by atoms with Crippen LogP contribution in [0.2, 0.25) is 5.02 Å². The van der Waals surface area contributed by atoms with Gasteiger partial charge in [0.05, 0.1) is 6.54 Å². The lowest BCUT2D eigenvalue weighted by Crippen LogP contribution is -2.48. The lowest BCUT2D eigenvalue weighted by atomic mass is 9.82. The summed E-state index contributed by atoms with van der Waals surface area (Å²) in [6, 6.07) is 4.31. The van der Waals surface area contributed by atoms with Crippen LogP contribution in [-0.4, -0.2) is 22.4 Å². The Balaban J connectivity index is 1.73. The number of hydrogen-bond donors (Lipinski definition) is 1. The van der Waals surface area contributed by atoms with Gasteiger partial charge in [0.2, 0.25) is 0 Å². The molecule has 1 spiro atoms. The first-order valence-electron chi connectivity index (χ1n) is 8.77. The van der Waals surface area contributed by atoms with Gasteiger partial charge in [0, 0.05) is 16.5 Å². The molecule has 1 aromatic carbocycles. The highest BCUT2D eigenvalue weighted by atomic mass is 35.5. The van der Waals surface area contributed by atoms with Crippen LogP contribution in [0.15, 0.2) is 27.4 Å². The van der Waals surface area contributed by atoms with Gasteiger partial charge in [-0.15, -0.1) is 0 Å². The molecule has 6 nitrogen and oxygen atoms in total. The Morgan fingerprint density at radius 3 is 2.62 bits per heavy atom. The number of nitrogens with zero attached hydrogens (tertiary/aromatic N) is 1. The molecule has 2 aliphatic rings. The zero-order chi connectivity index (χ0) is 18.5. The number of urea groups is 1. The van der Waals surface area contributed by atoms with E-state index in [9.17, 15) is 14.4 Å². The van der Waals surface area contributed by atoms with E-state index in [0.717, 1.165) is 24.8 Å². The van der Waals surface area contributed by atoms with E-state index in [1.807, 2.05) is 6.92 Å². The molecular formula is C19H19ClN2O4. The van der Waals surface area contributed by atoms with Crippen LogP contribution in [0.1, 0.15) is 43.2 Å². The Bertz CT molecular complexity index is 975. The predicted octanol–water partition coefficient (Wildman–Crippen LogP) is 3.51. The topological polar surface area (TPSA) is 79.6 Å². The number of carbonyl (C=O) groups is 2. The summed E-state index contributed by atoms with van der Waals surface area (Å²) in [6.07, 6.45) is 4.25. The average molecular weight is 375 g/mol. The van der Waals surface area contributed by atoms with Gasteiger partial charge in [0.1, 0.15) is 11.1 Å². The van der Waals surface area contributed by atoms with Crippen molar-refractivity contribution in [3.63, 3.8) is 0 Å². The molecule has 0 unspecified atom stereocenters. The number of nitrogens with one attached hydrogen (secondary N) is 1. The largest absolute Gasteiger partial charge is 0.423 e. The standard InChI is InChI=1S/C19H19ClN2O4/c1-11-7-15-13(9-14(11)20)12(8-16(23)26-15)10-22-17(24)19(21-18(22)25)5-3-2-4-6-19/h7-9H,2-6,10H2,1H3,(H,21,25). The summed E-state index contributed by atoms with van der Waals surface area (Å²) in [6.45, 7) is 1.84. The van der Waals surface area contributed by atoms with Gasteiger partial charge in [-0.25, -0.2) is 9.59 Å². The van der Waals surface area contributed by atoms with Crippen LogP contribution in [0.3, 0.4) is 0 Å². The molecule has 1 aliphatic heterocycles. The highest BCUT2D eigenvalue weighted by Crippen LogP contribution is 2.35. The molecule has 0 bridgehead atoms. The van der Waals surface area contributed by atoms with Gasteiger partial charge >= 0.3 is 11.7 Å². The smallest absolute Gasteiger partial charge is 0.336 e. The molecule has 1 aliphatic carbocycles. The SMILES string of the molecule is Cc1cc2oc(=O)cc(CN3C(=O)NC4(CCCCC4)C3=O)c2cc1Cl. The van der Waals surface area contributed by atoms with Crippen molar-refractivity contribution in [3.8, 4) is 0 Å². The van der Waals surface area contributed by atoms with Gasteiger partial charge in [-0.05, 0) is 43.0 Å². The lowest BCUT2D eigenvalue weighted by Gasteiger charge is -2.30. The lowest BCUT2D eigenvalue weighted by molar-refractivity contribution is -0.132. The van der Waals surface area contributed by atoms with Gasteiger partial charge < -0.3 is 9.73 Å². The van der Waals surface area contributed by atoms with Crippen molar-refractivity contribution in [2.45, 2.75) is 51.1 Å². The van der Waals surface area contributed by atoms with Crippen molar-refractivity contribution in [3.05, 3.63) is 44.8 Å². The predicted molar refractivity (Wildman–Crippen MR) is 97.1 cm³/mol. The first kappa shape index (κ1) is 17.1. The van der Waals surface area contributed by atoms with Crippen molar-refractivity contribution in [1.29, 1.82) is 0 Å². The fourth-order valence-electron chi connectivity index (χ4n) is 3.96. The van der Waals surface area contributed by atoms with E-state index in [2.05, 4.69) is 5.32 Å². The van der Waals surface area contributed by atoms with E-state index < -0.39 is 17.2 Å². The van der Waals surface area contributed by atoms with Gasteiger partial charge in [0.25, 0.3) is 5.91 Å². The van der Waals surface area contributed by atoms with Gasteiger partial charge in [0.15, 0.2) is 0 Å². The van der Waals surface area contributed by atoms with E-state index >= 15 is 0 Å². The Morgan fingerprint density at radius 1 is 1.15 bits per heavy atom. The summed E-state index contributed by atoms with van der Waals surface area (Å²) in [5, 5.41) is 4.05. The normalized spacial score (nSPS) is 19.4. The molecule has 3 amide bonds. The molecule has 1 saturated heterocycles. The quantitative estimate of drug-likeness (QED) is 0.644. The Morgan fingerprint density at radius 2 is 1.88 bits per heavy atom. The van der Waals surface area contributed by atoms with E-state index in [1.54, 1.807) is 12.1 Å². The molecule has 1 N–H and O–H groups in total. The number of halogens is 1. The number of rotatable bonds is 2. The fourth-order valence-corrected chi connectivity index (χ4v) is 4.13. The molecular weight excluding hydrogens is 356 g/mol. The summed E-state index contributed by atoms with van der Waals surface area (Å²) >= 11 is 6.21. The number of imide groups is 1. The van der Waals surface area contributed by atoms with Crippen LogP contribution < -0.4 is 10.9 Å². The molecule has 136 valence electrons. The van der Waals surface area contributed by atoms with Crippen LogP contribution in [0.4, 0.5) is 4.79 Å². The molecule has 0 radical (unpaired) electrons. The zero-order valence-corrected chi connectivity index (χ0v) is 15.2. The molecule has 26 heavy (non-hydrogen) atoms. The molecule has 2 fully saturated rings. The van der Waals surface area contributed by atoms with E-state index in [-0.39, 0.29) is 12.5 Å². The van der Waals surface area contributed by atoms with Crippen LogP contribution in [0, 0.1) is 6.92 Å². The zero-order valence-electron chi connectivity index (χ0n) is 14.4. The molecule has 4 rings (SSSR count). The van der Waals surface area contributed by atoms with Crippen molar-refractivity contribution in [1.82, 2.24) is 10.2 Å². The van der Waals surface area contributed by atoms with Crippen LogP contribution in [-0.2, 0) is 11.3 Å². The first-order valence-corrected chi connectivity index (χ1v) is 9.14. The van der Waals surface area contributed by atoms with Gasteiger partial charge in [-0.2, -0.15) is 0 Å². The van der Waals surface area contributed by atoms with Crippen LogP contribution >= 0.6 is 11.6 Å². The first-order chi connectivity index (χ1) is 12.4. The number of carbonyl (C=O) groups excluding carboxylic acids is 2. The Hall–Kier alpha value is -2.34. The summed E-state index contributed by atoms with van der Waals surface area (Å²) in [4.78, 5) is 38.6. The molecule has 7 heteroatoms. The minimum Gasteiger partial charge on any atom is -0.423 e. The summed E-state index contributed by atoms with van der Waals surface area (Å²) in [7, 11) is 0. The highest BCUT2D eigenvalue weighted by molar-refractivity contribution is 6.32. The van der Waals surface area contributed by atoms with E-state index in [4.69, 9.17) is 16.0 Å². The van der Waals surface area contributed by atoms with Crippen molar-refractivity contribution >= 4 is 34.5 Å². The van der Waals surface area contributed by atoms with Crippen LogP contribution in [0.5, 0.6) is 0 Å². The molecule has 1 aromatic heterocycles. The maximum atomic E-state index is 13.0. The molecule has 2 heterocycles. The second kappa shape index (κ2) is 6.13. The van der Waals surface area contributed by atoms with Crippen molar-refractivity contribution in [2.24, 2.45) is 0 Å². The summed E-state index contributed by atoms with van der Waals surface area (Å²) in [5.74, 6) is -0.207. The Kier molecular flexibility index (Phi) is 4.03. The molecule has 1 saturated carbocycles. The second-order valence-electron chi connectivity index (χ2n) is 7.15. The number of aryl methyl sites for hydroxylation is 1. The third-order valence-corrected chi connectivity index (χ3v) is 5.80.